The van der Waals surface area contributed by atoms with Crippen LogP contribution in [-0.2, 0) is 4.43 Å². The molecule has 0 rings (SSSR count). The lowest BCUT2D eigenvalue weighted by molar-refractivity contribution is 0.325. The van der Waals surface area contributed by atoms with Crippen LogP contribution in [0.3, 0.4) is 0 Å². The van der Waals surface area contributed by atoms with E-state index in [1.807, 2.05) is 5.70 Å². The minimum absolute atomic E-state index is 0.373. The van der Waals surface area contributed by atoms with E-state index < -0.39 is 0 Å². The summed E-state index contributed by atoms with van der Waals surface area (Å²) in [5, 5.41) is 0. The summed E-state index contributed by atoms with van der Waals surface area (Å²) in [5.41, 5.74) is 1.96. The normalized spacial score (nSPS) is 11.4. The summed E-state index contributed by atoms with van der Waals surface area (Å²) < 4.78 is 5.49. The maximum atomic E-state index is 5.49. The minimum atomic E-state index is -0.373. The van der Waals surface area contributed by atoms with Crippen LogP contribution in [0, 0.1) is 0 Å². The fourth-order valence-electron chi connectivity index (χ4n) is 2.04. The number of hydrogen-bond donors (Lipinski definition) is 0. The molecular weight excluding hydrogens is 224 g/mol. The summed E-state index contributed by atoms with van der Waals surface area (Å²) in [6.45, 7) is 6.94. The van der Waals surface area contributed by atoms with E-state index in [4.69, 9.17) is 4.43 Å². The van der Waals surface area contributed by atoms with Crippen molar-refractivity contribution < 1.29 is 4.43 Å². The third kappa shape index (κ3) is 15.9. The SMILES string of the molecule is C=C[SiH2]OCCCCCCCCCCCCC. The molecule has 0 saturated heterocycles. The van der Waals surface area contributed by atoms with Gasteiger partial charge in [-0.05, 0) is 6.42 Å². The van der Waals surface area contributed by atoms with Crippen LogP contribution in [0.25, 0.3) is 0 Å². The van der Waals surface area contributed by atoms with Crippen molar-refractivity contribution in [2.24, 2.45) is 0 Å². The summed E-state index contributed by atoms with van der Waals surface area (Å²) in [5.74, 6) is 0. The zero-order valence-corrected chi connectivity index (χ0v) is 13.3. The zero-order valence-electron chi connectivity index (χ0n) is 11.9. The second-order valence-corrected chi connectivity index (χ2v) is 6.22. The summed E-state index contributed by atoms with van der Waals surface area (Å²) >= 11 is 0. The van der Waals surface area contributed by atoms with Crippen LogP contribution in [0.4, 0.5) is 0 Å². The summed E-state index contributed by atoms with van der Waals surface area (Å²) in [7, 11) is -0.373. The van der Waals surface area contributed by atoms with Crippen molar-refractivity contribution >= 4 is 9.76 Å². The van der Waals surface area contributed by atoms with Gasteiger partial charge in [0.1, 0.15) is 0 Å². The van der Waals surface area contributed by atoms with E-state index in [1.165, 1.54) is 70.6 Å². The van der Waals surface area contributed by atoms with Crippen LogP contribution in [0.15, 0.2) is 12.3 Å². The molecule has 0 aromatic rings. The quantitative estimate of drug-likeness (QED) is 0.327. The second-order valence-electron chi connectivity index (χ2n) is 4.90. The molecule has 0 aromatic carbocycles. The first-order valence-corrected chi connectivity index (χ1v) is 8.99. The maximum absolute atomic E-state index is 5.49. The molecular formula is C15H32OSi. The smallest absolute Gasteiger partial charge is 0.184 e. The average molecular weight is 257 g/mol. The first kappa shape index (κ1) is 16.9. The Kier molecular flexibility index (Phi) is 15.8. The Morgan fingerprint density at radius 2 is 1.29 bits per heavy atom. The van der Waals surface area contributed by atoms with E-state index in [0.29, 0.717) is 0 Å². The van der Waals surface area contributed by atoms with Crippen LogP contribution in [0.2, 0.25) is 0 Å². The fourth-order valence-corrected chi connectivity index (χ4v) is 2.57. The Bertz CT molecular complexity index is 148. The van der Waals surface area contributed by atoms with Gasteiger partial charge in [0.15, 0.2) is 9.76 Å². The van der Waals surface area contributed by atoms with Gasteiger partial charge in [0.25, 0.3) is 0 Å². The third-order valence-electron chi connectivity index (χ3n) is 3.13. The van der Waals surface area contributed by atoms with Crippen molar-refractivity contribution in [1.82, 2.24) is 0 Å². The molecule has 0 fully saturated rings. The first-order chi connectivity index (χ1) is 8.41. The summed E-state index contributed by atoms with van der Waals surface area (Å²) in [6.07, 6.45) is 15.4. The minimum Gasteiger partial charge on any atom is -0.419 e. The van der Waals surface area contributed by atoms with Gasteiger partial charge in [-0.1, -0.05) is 76.8 Å². The fraction of sp³-hybridized carbons (Fsp3) is 0.867. The van der Waals surface area contributed by atoms with Crippen LogP contribution >= 0.6 is 0 Å². The van der Waals surface area contributed by atoms with Crippen LogP contribution in [0.5, 0.6) is 0 Å². The van der Waals surface area contributed by atoms with Crippen molar-refractivity contribution in [2.75, 3.05) is 6.61 Å². The largest absolute Gasteiger partial charge is 0.419 e. The molecule has 0 amide bonds. The molecule has 0 aromatic heterocycles. The summed E-state index contributed by atoms with van der Waals surface area (Å²) in [6, 6.07) is 0. The molecule has 1 nitrogen and oxygen atoms in total. The lowest BCUT2D eigenvalue weighted by atomic mass is 10.1. The molecule has 0 bridgehead atoms. The number of rotatable bonds is 14. The van der Waals surface area contributed by atoms with Gasteiger partial charge in [0.05, 0.1) is 0 Å². The van der Waals surface area contributed by atoms with Crippen molar-refractivity contribution in [3.05, 3.63) is 12.3 Å². The summed E-state index contributed by atoms with van der Waals surface area (Å²) in [4.78, 5) is 0. The highest BCUT2D eigenvalue weighted by atomic mass is 28.2. The lowest BCUT2D eigenvalue weighted by Crippen LogP contribution is -1.97. The molecule has 0 atom stereocenters. The average Bonchev–Trinajstić information content (AvgIpc) is 2.35. The Balaban J connectivity index is 2.87. The monoisotopic (exact) mass is 256 g/mol. The van der Waals surface area contributed by atoms with E-state index in [9.17, 15) is 0 Å². The zero-order chi connectivity index (χ0) is 12.6. The predicted molar refractivity (Wildman–Crippen MR) is 81.2 cm³/mol. The van der Waals surface area contributed by atoms with Crippen LogP contribution in [-0.4, -0.2) is 16.4 Å². The van der Waals surface area contributed by atoms with Gasteiger partial charge in [0.2, 0.25) is 0 Å². The molecule has 0 heterocycles. The molecule has 102 valence electrons. The van der Waals surface area contributed by atoms with Gasteiger partial charge in [-0.15, -0.1) is 6.58 Å². The van der Waals surface area contributed by atoms with Crippen molar-refractivity contribution in [3.63, 3.8) is 0 Å². The van der Waals surface area contributed by atoms with Gasteiger partial charge in [-0.3, -0.25) is 0 Å². The molecule has 0 radical (unpaired) electrons. The van der Waals surface area contributed by atoms with Crippen molar-refractivity contribution in [2.45, 2.75) is 77.6 Å². The molecule has 2 heteroatoms. The number of hydrogen-bond acceptors (Lipinski definition) is 1. The molecule has 0 aliphatic carbocycles. The van der Waals surface area contributed by atoms with Crippen molar-refractivity contribution in [3.8, 4) is 0 Å². The van der Waals surface area contributed by atoms with E-state index in [2.05, 4.69) is 13.5 Å². The van der Waals surface area contributed by atoms with Crippen LogP contribution in [0.1, 0.15) is 77.6 Å². The van der Waals surface area contributed by atoms with E-state index in [-0.39, 0.29) is 9.76 Å². The van der Waals surface area contributed by atoms with Gasteiger partial charge in [0, 0.05) is 6.61 Å². The molecule has 0 spiro atoms. The Morgan fingerprint density at radius 3 is 1.76 bits per heavy atom. The Labute approximate surface area is 111 Å². The number of unbranched alkanes of at least 4 members (excludes halogenated alkanes) is 10. The van der Waals surface area contributed by atoms with Gasteiger partial charge in [-0.25, -0.2) is 0 Å². The Morgan fingerprint density at radius 1 is 0.824 bits per heavy atom. The maximum Gasteiger partial charge on any atom is 0.184 e. The third-order valence-corrected chi connectivity index (χ3v) is 3.89. The molecule has 17 heavy (non-hydrogen) atoms. The molecule has 0 N–H and O–H groups in total. The van der Waals surface area contributed by atoms with E-state index in [1.54, 1.807) is 0 Å². The highest BCUT2D eigenvalue weighted by Crippen LogP contribution is 2.11. The molecule has 0 aliphatic rings. The lowest BCUT2D eigenvalue weighted by Gasteiger charge is -2.03. The Hall–Kier alpha value is -0.0831. The van der Waals surface area contributed by atoms with E-state index in [0.717, 1.165) is 6.61 Å². The predicted octanol–water partition coefficient (Wildman–Crippen LogP) is 4.54. The van der Waals surface area contributed by atoms with Gasteiger partial charge >= 0.3 is 0 Å². The van der Waals surface area contributed by atoms with E-state index >= 15 is 0 Å². The topological polar surface area (TPSA) is 9.23 Å². The van der Waals surface area contributed by atoms with Gasteiger partial charge in [-0.2, -0.15) is 0 Å². The first-order valence-electron chi connectivity index (χ1n) is 7.60. The van der Waals surface area contributed by atoms with Gasteiger partial charge < -0.3 is 4.43 Å². The molecule has 0 saturated carbocycles. The highest BCUT2D eigenvalue weighted by Gasteiger charge is 1.92. The second kappa shape index (κ2) is 15.9. The standard InChI is InChI=1S/C15H32OSi/c1-3-5-6-7-8-9-10-11-12-13-14-15-16-17-4-2/h4H,2-3,5-15,17H2,1H3. The molecule has 0 unspecified atom stereocenters. The molecule has 0 aliphatic heterocycles. The highest BCUT2D eigenvalue weighted by molar-refractivity contribution is 6.33. The van der Waals surface area contributed by atoms with Crippen molar-refractivity contribution in [1.29, 1.82) is 0 Å². The van der Waals surface area contributed by atoms with Crippen LogP contribution < -0.4 is 0 Å².